The van der Waals surface area contributed by atoms with Crippen LogP contribution in [0.2, 0.25) is 0 Å². The van der Waals surface area contributed by atoms with E-state index < -0.39 is 0 Å². The van der Waals surface area contributed by atoms with Crippen molar-refractivity contribution >= 4 is 5.69 Å². The fourth-order valence-corrected chi connectivity index (χ4v) is 0.868. The normalized spacial score (nSPS) is 9.64. The van der Waals surface area contributed by atoms with Gasteiger partial charge in [0.25, 0.3) is 0 Å². The first-order valence-electron chi connectivity index (χ1n) is 3.38. The Morgan fingerprint density at radius 2 is 2.18 bits per heavy atom. The van der Waals surface area contributed by atoms with Crippen molar-refractivity contribution in [3.8, 4) is 5.75 Å². The molecule has 0 spiro atoms. The Balaban J connectivity index is 3.02. The number of phenols is 1. The molecular weight excluding hydrogens is 142 g/mol. The van der Waals surface area contributed by atoms with Gasteiger partial charge in [-0.25, -0.2) is 0 Å². The summed E-state index contributed by atoms with van der Waals surface area (Å²) in [4.78, 5) is 0. The van der Waals surface area contributed by atoms with E-state index in [9.17, 15) is 0 Å². The maximum absolute atomic E-state index is 9.14. The molecule has 3 nitrogen and oxygen atoms in total. The van der Waals surface area contributed by atoms with E-state index in [0.717, 1.165) is 5.69 Å². The zero-order chi connectivity index (χ0) is 8.27. The summed E-state index contributed by atoms with van der Waals surface area (Å²) in [5.41, 5.74) is 1.42. The summed E-state index contributed by atoms with van der Waals surface area (Å²) < 4.78 is 0. The van der Waals surface area contributed by atoms with Crippen molar-refractivity contribution in [2.45, 2.75) is 6.61 Å². The van der Waals surface area contributed by atoms with E-state index in [0.29, 0.717) is 5.56 Å². The van der Waals surface area contributed by atoms with Crippen LogP contribution in [0.3, 0.4) is 0 Å². The highest BCUT2D eigenvalue weighted by Gasteiger charge is 1.98. The highest BCUT2D eigenvalue weighted by atomic mass is 16.3. The second-order valence-electron chi connectivity index (χ2n) is 2.25. The van der Waals surface area contributed by atoms with Crippen molar-refractivity contribution in [1.29, 1.82) is 0 Å². The third-order valence-corrected chi connectivity index (χ3v) is 1.54. The average molecular weight is 153 g/mol. The number of aromatic hydroxyl groups is 1. The maximum Gasteiger partial charge on any atom is 0.121 e. The molecule has 0 fully saturated rings. The van der Waals surface area contributed by atoms with Crippen molar-refractivity contribution in [2.24, 2.45) is 0 Å². The lowest BCUT2D eigenvalue weighted by molar-refractivity contribution is 0.275. The van der Waals surface area contributed by atoms with Crippen molar-refractivity contribution in [2.75, 3.05) is 12.4 Å². The van der Waals surface area contributed by atoms with Gasteiger partial charge in [-0.3, -0.25) is 0 Å². The molecule has 0 aliphatic carbocycles. The molecule has 0 amide bonds. The molecule has 0 bridgehead atoms. The second kappa shape index (κ2) is 3.25. The molecule has 1 aromatic carbocycles. The Morgan fingerprint density at radius 1 is 1.45 bits per heavy atom. The third kappa shape index (κ3) is 1.62. The molecule has 3 heteroatoms. The van der Waals surface area contributed by atoms with E-state index in [1.165, 1.54) is 0 Å². The van der Waals surface area contributed by atoms with Gasteiger partial charge in [-0.1, -0.05) is 0 Å². The number of aliphatic hydroxyl groups is 1. The quantitative estimate of drug-likeness (QED) is 0.554. The molecular formula is C8H11NO2. The van der Waals surface area contributed by atoms with Gasteiger partial charge >= 0.3 is 0 Å². The van der Waals surface area contributed by atoms with Crippen LogP contribution in [0.25, 0.3) is 0 Å². The highest BCUT2D eigenvalue weighted by Crippen LogP contribution is 2.20. The Morgan fingerprint density at radius 3 is 2.73 bits per heavy atom. The third-order valence-electron chi connectivity index (χ3n) is 1.54. The van der Waals surface area contributed by atoms with E-state index in [1.807, 2.05) is 0 Å². The lowest BCUT2D eigenvalue weighted by Gasteiger charge is -2.03. The Kier molecular flexibility index (Phi) is 2.33. The molecule has 0 radical (unpaired) electrons. The van der Waals surface area contributed by atoms with Crippen LogP contribution >= 0.6 is 0 Å². The van der Waals surface area contributed by atoms with Crippen LogP contribution in [0.15, 0.2) is 18.2 Å². The van der Waals surface area contributed by atoms with Crippen LogP contribution in [-0.2, 0) is 6.61 Å². The number of nitrogens with one attached hydrogen (secondary N) is 1. The Labute approximate surface area is 65.3 Å². The summed E-state index contributed by atoms with van der Waals surface area (Å²) in [7, 11) is 1.79. The summed E-state index contributed by atoms with van der Waals surface area (Å²) in [6, 6.07) is 5.00. The lowest BCUT2D eigenvalue weighted by Crippen LogP contribution is -1.90. The second-order valence-corrected chi connectivity index (χ2v) is 2.25. The topological polar surface area (TPSA) is 52.5 Å². The molecule has 11 heavy (non-hydrogen) atoms. The molecule has 1 rings (SSSR count). The van der Waals surface area contributed by atoms with Crippen LogP contribution in [0.5, 0.6) is 5.75 Å². The van der Waals surface area contributed by atoms with Crippen LogP contribution < -0.4 is 5.32 Å². The smallest absolute Gasteiger partial charge is 0.121 e. The number of rotatable bonds is 2. The summed E-state index contributed by atoms with van der Waals surface area (Å²) in [5.74, 6) is 0.131. The highest BCUT2D eigenvalue weighted by molar-refractivity contribution is 5.49. The number of hydrogen-bond acceptors (Lipinski definition) is 3. The number of anilines is 1. The maximum atomic E-state index is 9.14. The van der Waals surface area contributed by atoms with Gasteiger partial charge in [0.1, 0.15) is 5.75 Å². The Bertz CT molecular complexity index is 248. The first kappa shape index (κ1) is 7.88. The summed E-state index contributed by atoms with van der Waals surface area (Å²) >= 11 is 0. The first-order valence-corrected chi connectivity index (χ1v) is 3.38. The zero-order valence-corrected chi connectivity index (χ0v) is 6.33. The SMILES string of the molecule is CNc1ccc(O)c(CO)c1. The number of aliphatic hydroxyl groups excluding tert-OH is 1. The van der Waals surface area contributed by atoms with E-state index in [-0.39, 0.29) is 12.4 Å². The van der Waals surface area contributed by atoms with Crippen molar-refractivity contribution in [3.63, 3.8) is 0 Å². The van der Waals surface area contributed by atoms with E-state index in [2.05, 4.69) is 5.32 Å². The van der Waals surface area contributed by atoms with Crippen LogP contribution in [0.1, 0.15) is 5.56 Å². The first-order chi connectivity index (χ1) is 5.27. The van der Waals surface area contributed by atoms with Gasteiger partial charge in [0, 0.05) is 18.3 Å². The van der Waals surface area contributed by atoms with Gasteiger partial charge in [-0.2, -0.15) is 0 Å². The zero-order valence-electron chi connectivity index (χ0n) is 6.33. The molecule has 0 atom stereocenters. The summed E-state index contributed by atoms with van der Waals surface area (Å²) in [6.07, 6.45) is 0. The van der Waals surface area contributed by atoms with Gasteiger partial charge in [-0.05, 0) is 18.2 Å². The minimum Gasteiger partial charge on any atom is -0.508 e. The Hall–Kier alpha value is -1.22. The standard InChI is InChI=1S/C8H11NO2/c1-9-7-2-3-8(11)6(4-7)5-10/h2-4,9-11H,5H2,1H3. The fraction of sp³-hybridized carbons (Fsp3) is 0.250. The predicted octanol–water partition coefficient (Wildman–Crippen LogP) is 0.926. The molecule has 3 N–H and O–H groups in total. The molecule has 60 valence electrons. The van der Waals surface area contributed by atoms with Gasteiger partial charge < -0.3 is 15.5 Å². The van der Waals surface area contributed by atoms with Crippen molar-refractivity contribution < 1.29 is 10.2 Å². The van der Waals surface area contributed by atoms with Crippen molar-refractivity contribution in [1.82, 2.24) is 0 Å². The van der Waals surface area contributed by atoms with E-state index in [4.69, 9.17) is 10.2 Å². The molecule has 1 aromatic rings. The van der Waals surface area contributed by atoms with Crippen LogP contribution in [-0.4, -0.2) is 17.3 Å². The van der Waals surface area contributed by atoms with Gasteiger partial charge in [0.05, 0.1) is 6.61 Å². The largest absolute Gasteiger partial charge is 0.508 e. The van der Waals surface area contributed by atoms with Gasteiger partial charge in [-0.15, -0.1) is 0 Å². The molecule has 0 aliphatic heterocycles. The average Bonchev–Trinajstić information content (AvgIpc) is 2.05. The molecule has 0 saturated heterocycles. The minimum absolute atomic E-state index is 0.131. The van der Waals surface area contributed by atoms with Gasteiger partial charge in [0.15, 0.2) is 0 Å². The fourth-order valence-electron chi connectivity index (χ4n) is 0.868. The summed E-state index contributed by atoms with van der Waals surface area (Å²) in [6.45, 7) is -0.138. The predicted molar refractivity (Wildman–Crippen MR) is 43.6 cm³/mol. The molecule has 0 heterocycles. The van der Waals surface area contributed by atoms with Gasteiger partial charge in [0.2, 0.25) is 0 Å². The van der Waals surface area contributed by atoms with Crippen LogP contribution in [0, 0.1) is 0 Å². The van der Waals surface area contributed by atoms with Crippen molar-refractivity contribution in [3.05, 3.63) is 23.8 Å². The van der Waals surface area contributed by atoms with Crippen LogP contribution in [0.4, 0.5) is 5.69 Å². The summed E-state index contributed by atoms with van der Waals surface area (Å²) in [5, 5.41) is 20.8. The number of hydrogen-bond donors (Lipinski definition) is 3. The molecule has 0 aliphatic rings. The van der Waals surface area contributed by atoms with E-state index in [1.54, 1.807) is 25.2 Å². The lowest BCUT2D eigenvalue weighted by atomic mass is 10.2. The molecule has 0 unspecified atom stereocenters. The van der Waals surface area contributed by atoms with E-state index >= 15 is 0 Å². The number of benzene rings is 1. The molecule has 0 aromatic heterocycles. The molecule has 0 saturated carbocycles. The minimum atomic E-state index is -0.138. The monoisotopic (exact) mass is 153 g/mol.